The molecule has 7 heteroatoms. The summed E-state index contributed by atoms with van der Waals surface area (Å²) in [5.74, 6) is 0.491. The maximum Gasteiger partial charge on any atom is 0.241 e. The average Bonchev–Trinajstić information content (AvgIpc) is 2.51. The fraction of sp³-hybridized carbons (Fsp3) is 0.588. The Hall–Kier alpha value is -1.60. The average molecular weight is 353 g/mol. The van der Waals surface area contributed by atoms with Crippen LogP contribution in [-0.2, 0) is 16.6 Å². The van der Waals surface area contributed by atoms with Crippen LogP contribution >= 0.6 is 0 Å². The number of benzene rings is 1. The number of nitrogens with two attached hydrogens (primary N) is 1. The summed E-state index contributed by atoms with van der Waals surface area (Å²) >= 11 is 0. The summed E-state index contributed by atoms with van der Waals surface area (Å²) in [4.78, 5) is 6.74. The van der Waals surface area contributed by atoms with Gasteiger partial charge in [0.1, 0.15) is 0 Å². The van der Waals surface area contributed by atoms with Gasteiger partial charge in [0.15, 0.2) is 5.96 Å². The maximum atomic E-state index is 12.6. The maximum absolute atomic E-state index is 12.6. The largest absolute Gasteiger partial charge is 0.370 e. The van der Waals surface area contributed by atoms with E-state index in [4.69, 9.17) is 5.73 Å². The normalized spacial score (nSPS) is 17.1. The van der Waals surface area contributed by atoms with Gasteiger partial charge in [0.2, 0.25) is 10.0 Å². The highest BCUT2D eigenvalue weighted by Crippen LogP contribution is 2.19. The number of piperidine rings is 1. The minimum Gasteiger partial charge on any atom is -0.370 e. The molecule has 0 bridgehead atoms. The van der Waals surface area contributed by atoms with Crippen LogP contribution in [0.1, 0.15) is 45.6 Å². The summed E-state index contributed by atoms with van der Waals surface area (Å²) in [6, 6.07) is 6.93. The number of aliphatic imine (C=N–C) groups is 1. The third kappa shape index (κ3) is 5.21. The lowest BCUT2D eigenvalue weighted by molar-refractivity contribution is 0.338. The molecule has 6 nitrogen and oxygen atoms in total. The number of hydrogen-bond donors (Lipinski definition) is 2. The van der Waals surface area contributed by atoms with Crippen molar-refractivity contribution in [1.29, 1.82) is 0 Å². The van der Waals surface area contributed by atoms with Gasteiger partial charge in [-0.3, -0.25) is 0 Å². The zero-order chi connectivity index (χ0) is 17.8. The Kier molecular flexibility index (Phi) is 5.87. The zero-order valence-electron chi connectivity index (χ0n) is 14.7. The SMILES string of the molecule is CC(C)(C)NS(=O)(=O)c1ccccc1CN=C(N)N1CCCCC1. The van der Waals surface area contributed by atoms with E-state index in [1.807, 2.05) is 26.8 Å². The quantitative estimate of drug-likeness (QED) is 0.641. The Labute approximate surface area is 145 Å². The monoisotopic (exact) mass is 352 g/mol. The standard InChI is InChI=1S/C17H28N4O2S/c1-17(2,3)20-24(22,23)15-10-6-5-9-14(15)13-19-16(18)21-11-7-4-8-12-21/h5-6,9-10,20H,4,7-8,11-13H2,1-3H3,(H2,18,19). The van der Waals surface area contributed by atoms with Crippen LogP contribution in [0, 0.1) is 0 Å². The molecule has 0 spiro atoms. The van der Waals surface area contributed by atoms with Crippen molar-refractivity contribution in [2.24, 2.45) is 10.7 Å². The third-order valence-corrected chi connectivity index (χ3v) is 5.65. The first-order valence-corrected chi connectivity index (χ1v) is 9.84. The summed E-state index contributed by atoms with van der Waals surface area (Å²) in [6.07, 6.45) is 3.47. The molecule has 0 aromatic heterocycles. The van der Waals surface area contributed by atoms with E-state index in [1.54, 1.807) is 18.2 Å². The molecule has 1 saturated heterocycles. The molecule has 0 unspecified atom stereocenters. The molecule has 0 atom stereocenters. The minimum absolute atomic E-state index is 0.254. The highest BCUT2D eigenvalue weighted by molar-refractivity contribution is 7.89. The van der Waals surface area contributed by atoms with Crippen molar-refractivity contribution in [2.75, 3.05) is 13.1 Å². The molecule has 0 radical (unpaired) electrons. The van der Waals surface area contributed by atoms with E-state index >= 15 is 0 Å². The van der Waals surface area contributed by atoms with Crippen molar-refractivity contribution in [2.45, 2.75) is 57.0 Å². The van der Waals surface area contributed by atoms with Crippen molar-refractivity contribution in [1.82, 2.24) is 9.62 Å². The summed E-state index contributed by atoms with van der Waals surface area (Å²) in [5.41, 5.74) is 6.18. The molecule has 1 aliphatic heterocycles. The summed E-state index contributed by atoms with van der Waals surface area (Å²) in [7, 11) is -3.60. The van der Waals surface area contributed by atoms with E-state index in [9.17, 15) is 8.42 Å². The molecule has 3 N–H and O–H groups in total. The van der Waals surface area contributed by atoms with E-state index in [0.29, 0.717) is 11.5 Å². The van der Waals surface area contributed by atoms with Crippen LogP contribution < -0.4 is 10.5 Å². The lowest BCUT2D eigenvalue weighted by Crippen LogP contribution is -2.41. The zero-order valence-corrected chi connectivity index (χ0v) is 15.6. The smallest absolute Gasteiger partial charge is 0.241 e. The fourth-order valence-electron chi connectivity index (χ4n) is 2.74. The van der Waals surface area contributed by atoms with E-state index in [1.165, 1.54) is 6.42 Å². The second kappa shape index (κ2) is 7.53. The molecular weight excluding hydrogens is 324 g/mol. The molecule has 24 heavy (non-hydrogen) atoms. The molecule has 1 aliphatic rings. The van der Waals surface area contributed by atoms with Crippen LogP contribution in [0.2, 0.25) is 0 Å². The molecule has 1 aromatic rings. The van der Waals surface area contributed by atoms with Crippen LogP contribution in [-0.4, -0.2) is 37.9 Å². The summed E-state index contributed by atoms with van der Waals surface area (Å²) < 4.78 is 27.9. The highest BCUT2D eigenvalue weighted by atomic mass is 32.2. The minimum atomic E-state index is -3.60. The Morgan fingerprint density at radius 2 is 1.83 bits per heavy atom. The van der Waals surface area contributed by atoms with Gasteiger partial charge < -0.3 is 10.6 Å². The number of likely N-dealkylation sites (tertiary alicyclic amines) is 1. The Morgan fingerprint density at radius 3 is 2.46 bits per heavy atom. The van der Waals surface area contributed by atoms with Crippen molar-refractivity contribution >= 4 is 16.0 Å². The lowest BCUT2D eigenvalue weighted by Gasteiger charge is -2.27. The van der Waals surface area contributed by atoms with Gasteiger partial charge in [-0.2, -0.15) is 0 Å². The number of guanidine groups is 1. The first kappa shape index (κ1) is 18.7. The van der Waals surface area contributed by atoms with Gasteiger partial charge in [-0.1, -0.05) is 18.2 Å². The molecule has 1 fully saturated rings. The number of nitrogens with one attached hydrogen (secondary N) is 1. The van der Waals surface area contributed by atoms with Gasteiger partial charge in [0.25, 0.3) is 0 Å². The van der Waals surface area contributed by atoms with Gasteiger partial charge in [-0.25, -0.2) is 18.1 Å². The van der Waals surface area contributed by atoms with Crippen molar-refractivity contribution in [3.05, 3.63) is 29.8 Å². The number of nitrogens with zero attached hydrogens (tertiary/aromatic N) is 2. The Balaban J connectivity index is 2.20. The number of hydrogen-bond acceptors (Lipinski definition) is 3. The number of sulfonamides is 1. The van der Waals surface area contributed by atoms with Crippen molar-refractivity contribution in [3.63, 3.8) is 0 Å². The topological polar surface area (TPSA) is 87.8 Å². The third-order valence-electron chi connectivity index (χ3n) is 3.79. The molecular formula is C17H28N4O2S. The highest BCUT2D eigenvalue weighted by Gasteiger charge is 2.24. The van der Waals surface area contributed by atoms with Crippen LogP contribution in [0.15, 0.2) is 34.2 Å². The van der Waals surface area contributed by atoms with E-state index < -0.39 is 15.6 Å². The summed E-state index contributed by atoms with van der Waals surface area (Å²) in [6.45, 7) is 7.55. The van der Waals surface area contributed by atoms with Crippen LogP contribution in [0.4, 0.5) is 0 Å². The Bertz CT molecular complexity index is 687. The van der Waals surface area contributed by atoms with Crippen LogP contribution in [0.3, 0.4) is 0 Å². The van der Waals surface area contributed by atoms with Gasteiger partial charge in [-0.05, 0) is 51.7 Å². The second-order valence-electron chi connectivity index (χ2n) is 7.19. The molecule has 0 aliphatic carbocycles. The first-order valence-electron chi connectivity index (χ1n) is 8.36. The number of rotatable bonds is 4. The second-order valence-corrected chi connectivity index (χ2v) is 8.84. The van der Waals surface area contributed by atoms with E-state index in [0.717, 1.165) is 25.9 Å². The Morgan fingerprint density at radius 1 is 1.21 bits per heavy atom. The molecule has 1 heterocycles. The molecule has 134 valence electrons. The van der Waals surface area contributed by atoms with Gasteiger partial charge in [0.05, 0.1) is 11.4 Å². The fourth-order valence-corrected chi connectivity index (χ4v) is 4.40. The van der Waals surface area contributed by atoms with Crippen molar-refractivity contribution < 1.29 is 8.42 Å². The van der Waals surface area contributed by atoms with Crippen LogP contribution in [0.5, 0.6) is 0 Å². The molecule has 1 aromatic carbocycles. The van der Waals surface area contributed by atoms with Gasteiger partial charge in [-0.15, -0.1) is 0 Å². The van der Waals surface area contributed by atoms with Crippen LogP contribution in [0.25, 0.3) is 0 Å². The lowest BCUT2D eigenvalue weighted by atomic mass is 10.1. The van der Waals surface area contributed by atoms with E-state index in [2.05, 4.69) is 14.6 Å². The van der Waals surface area contributed by atoms with E-state index in [-0.39, 0.29) is 11.4 Å². The van der Waals surface area contributed by atoms with Gasteiger partial charge >= 0.3 is 0 Å². The molecule has 2 rings (SSSR count). The first-order chi connectivity index (χ1) is 11.2. The summed E-state index contributed by atoms with van der Waals surface area (Å²) in [5, 5.41) is 0. The van der Waals surface area contributed by atoms with Crippen molar-refractivity contribution in [3.8, 4) is 0 Å². The predicted molar refractivity (Wildman–Crippen MR) is 97.3 cm³/mol. The molecule has 0 saturated carbocycles. The molecule has 0 amide bonds. The predicted octanol–water partition coefficient (Wildman–Crippen LogP) is 2.06. The van der Waals surface area contributed by atoms with Gasteiger partial charge in [0, 0.05) is 18.6 Å².